The number of rotatable bonds is 8. The van der Waals surface area contributed by atoms with Gasteiger partial charge in [-0.3, -0.25) is 0 Å². The number of aliphatic hydroxyl groups is 1. The highest BCUT2D eigenvalue weighted by atomic mass is 19.1. The Balaban J connectivity index is 2.21. The van der Waals surface area contributed by atoms with Crippen molar-refractivity contribution < 1.29 is 19.0 Å². The number of ether oxygens (including phenoxy) is 1. The molecule has 1 atom stereocenters. The van der Waals surface area contributed by atoms with E-state index in [0.717, 1.165) is 5.56 Å². The standard InChI is InChI=1S/C16H25FN2O3/c1-11(2)9-22-10-14(20)8-19-16(21)18-7-13-4-5-15(17)12(3)6-13/h4-6,11,14,20H,7-10H2,1-3H3,(H2,18,19,21). The van der Waals surface area contributed by atoms with E-state index in [4.69, 9.17) is 4.74 Å². The van der Waals surface area contributed by atoms with E-state index < -0.39 is 6.10 Å². The molecule has 0 aromatic heterocycles. The predicted molar refractivity (Wildman–Crippen MR) is 83.0 cm³/mol. The Labute approximate surface area is 130 Å². The molecule has 0 aliphatic heterocycles. The lowest BCUT2D eigenvalue weighted by molar-refractivity contribution is 0.0272. The summed E-state index contributed by atoms with van der Waals surface area (Å²) in [5.41, 5.74) is 1.35. The quantitative estimate of drug-likeness (QED) is 0.687. The van der Waals surface area contributed by atoms with Crippen LogP contribution in [0.3, 0.4) is 0 Å². The van der Waals surface area contributed by atoms with Gasteiger partial charge in [-0.15, -0.1) is 0 Å². The largest absolute Gasteiger partial charge is 0.389 e. The molecule has 0 heterocycles. The number of hydrogen-bond acceptors (Lipinski definition) is 3. The molecule has 1 rings (SSSR count). The smallest absolute Gasteiger partial charge is 0.315 e. The maximum Gasteiger partial charge on any atom is 0.315 e. The van der Waals surface area contributed by atoms with Crippen LogP contribution in [0.1, 0.15) is 25.0 Å². The number of halogens is 1. The lowest BCUT2D eigenvalue weighted by Gasteiger charge is -2.14. The summed E-state index contributed by atoms with van der Waals surface area (Å²) in [7, 11) is 0. The summed E-state index contributed by atoms with van der Waals surface area (Å²) in [6, 6.07) is 4.30. The van der Waals surface area contributed by atoms with E-state index in [1.165, 1.54) is 6.07 Å². The summed E-state index contributed by atoms with van der Waals surface area (Å²) >= 11 is 0. The zero-order valence-electron chi connectivity index (χ0n) is 13.4. The number of carbonyl (C=O) groups is 1. The van der Waals surface area contributed by atoms with Gasteiger partial charge in [0.1, 0.15) is 5.82 Å². The molecule has 124 valence electrons. The summed E-state index contributed by atoms with van der Waals surface area (Å²) in [6.07, 6.45) is -0.738. The van der Waals surface area contributed by atoms with Gasteiger partial charge in [-0.05, 0) is 30.0 Å². The fraction of sp³-hybridized carbons (Fsp3) is 0.562. The maximum absolute atomic E-state index is 13.1. The van der Waals surface area contributed by atoms with E-state index in [0.29, 0.717) is 24.6 Å². The highest BCUT2D eigenvalue weighted by Gasteiger charge is 2.08. The number of urea groups is 1. The Kier molecular flexibility index (Phi) is 7.84. The molecular formula is C16H25FN2O3. The molecule has 0 fully saturated rings. The van der Waals surface area contributed by atoms with E-state index in [2.05, 4.69) is 10.6 Å². The highest BCUT2D eigenvalue weighted by Crippen LogP contribution is 2.08. The fourth-order valence-electron chi connectivity index (χ4n) is 1.77. The molecule has 1 unspecified atom stereocenters. The first-order valence-electron chi connectivity index (χ1n) is 7.41. The average molecular weight is 312 g/mol. The third kappa shape index (κ3) is 7.38. The van der Waals surface area contributed by atoms with Gasteiger partial charge in [-0.25, -0.2) is 9.18 Å². The molecule has 0 spiro atoms. The summed E-state index contributed by atoms with van der Waals surface area (Å²) < 4.78 is 18.4. The fourth-order valence-corrected chi connectivity index (χ4v) is 1.77. The average Bonchev–Trinajstić information content (AvgIpc) is 2.46. The van der Waals surface area contributed by atoms with E-state index in [1.807, 2.05) is 13.8 Å². The number of aliphatic hydroxyl groups excluding tert-OH is 1. The molecule has 0 bridgehead atoms. The van der Waals surface area contributed by atoms with Crippen LogP contribution in [-0.2, 0) is 11.3 Å². The van der Waals surface area contributed by atoms with Gasteiger partial charge in [0.25, 0.3) is 0 Å². The minimum Gasteiger partial charge on any atom is -0.389 e. The summed E-state index contributed by atoms with van der Waals surface area (Å²) in [6.45, 7) is 6.90. The van der Waals surface area contributed by atoms with Crippen LogP contribution in [0.5, 0.6) is 0 Å². The van der Waals surface area contributed by atoms with E-state index in [9.17, 15) is 14.3 Å². The van der Waals surface area contributed by atoms with Crippen molar-refractivity contribution in [2.24, 2.45) is 5.92 Å². The normalized spacial score (nSPS) is 12.3. The highest BCUT2D eigenvalue weighted by molar-refractivity contribution is 5.73. The maximum atomic E-state index is 13.1. The molecule has 1 aromatic carbocycles. The predicted octanol–water partition coefficient (Wildman–Crippen LogP) is 1.97. The van der Waals surface area contributed by atoms with Gasteiger partial charge in [0, 0.05) is 19.7 Å². The van der Waals surface area contributed by atoms with Gasteiger partial charge in [0.15, 0.2) is 0 Å². The van der Waals surface area contributed by atoms with Gasteiger partial charge in [0.2, 0.25) is 0 Å². The zero-order chi connectivity index (χ0) is 16.5. The second-order valence-corrected chi connectivity index (χ2v) is 5.73. The lowest BCUT2D eigenvalue weighted by atomic mass is 10.1. The Bertz CT molecular complexity index is 480. The monoisotopic (exact) mass is 312 g/mol. The minimum absolute atomic E-state index is 0.117. The van der Waals surface area contributed by atoms with Crippen LogP contribution in [0.15, 0.2) is 18.2 Å². The number of carbonyl (C=O) groups excluding carboxylic acids is 1. The molecular weight excluding hydrogens is 287 g/mol. The third-order valence-corrected chi connectivity index (χ3v) is 2.94. The van der Waals surface area contributed by atoms with Gasteiger partial charge in [0.05, 0.1) is 12.7 Å². The number of nitrogens with one attached hydrogen (secondary N) is 2. The number of aryl methyl sites for hydroxylation is 1. The van der Waals surface area contributed by atoms with Crippen molar-refractivity contribution in [3.05, 3.63) is 35.1 Å². The van der Waals surface area contributed by atoms with Crippen LogP contribution in [0.4, 0.5) is 9.18 Å². The molecule has 0 aliphatic rings. The lowest BCUT2D eigenvalue weighted by Crippen LogP contribution is -2.40. The molecule has 3 N–H and O–H groups in total. The first-order chi connectivity index (χ1) is 10.4. The van der Waals surface area contributed by atoms with Gasteiger partial charge in [-0.2, -0.15) is 0 Å². The molecule has 0 saturated carbocycles. The van der Waals surface area contributed by atoms with E-state index in [-0.39, 0.29) is 25.0 Å². The minimum atomic E-state index is -0.738. The van der Waals surface area contributed by atoms with Crippen LogP contribution in [-0.4, -0.2) is 37.0 Å². The molecule has 6 heteroatoms. The van der Waals surface area contributed by atoms with Crippen molar-refractivity contribution in [1.29, 1.82) is 0 Å². The summed E-state index contributed by atoms with van der Waals surface area (Å²) in [5.74, 6) is 0.139. The van der Waals surface area contributed by atoms with Crippen LogP contribution >= 0.6 is 0 Å². The number of benzene rings is 1. The van der Waals surface area contributed by atoms with Crippen molar-refractivity contribution in [3.8, 4) is 0 Å². The van der Waals surface area contributed by atoms with Crippen molar-refractivity contribution in [3.63, 3.8) is 0 Å². The van der Waals surface area contributed by atoms with E-state index >= 15 is 0 Å². The van der Waals surface area contributed by atoms with Gasteiger partial charge >= 0.3 is 6.03 Å². The first-order valence-corrected chi connectivity index (χ1v) is 7.41. The van der Waals surface area contributed by atoms with Crippen LogP contribution in [0.2, 0.25) is 0 Å². The van der Waals surface area contributed by atoms with Crippen molar-refractivity contribution >= 4 is 6.03 Å². The second-order valence-electron chi connectivity index (χ2n) is 5.73. The number of hydrogen-bond donors (Lipinski definition) is 3. The van der Waals surface area contributed by atoms with Crippen molar-refractivity contribution in [2.75, 3.05) is 19.8 Å². The van der Waals surface area contributed by atoms with Crippen molar-refractivity contribution in [1.82, 2.24) is 10.6 Å². The molecule has 1 aromatic rings. The molecule has 22 heavy (non-hydrogen) atoms. The Morgan fingerprint density at radius 3 is 2.68 bits per heavy atom. The van der Waals surface area contributed by atoms with Crippen LogP contribution in [0, 0.1) is 18.7 Å². The number of amides is 2. The van der Waals surface area contributed by atoms with Crippen molar-refractivity contribution in [2.45, 2.75) is 33.4 Å². The Hall–Kier alpha value is -1.66. The van der Waals surface area contributed by atoms with Crippen LogP contribution in [0.25, 0.3) is 0 Å². The zero-order valence-corrected chi connectivity index (χ0v) is 13.4. The van der Waals surface area contributed by atoms with E-state index in [1.54, 1.807) is 19.1 Å². The summed E-state index contributed by atoms with van der Waals surface area (Å²) in [4.78, 5) is 11.6. The topological polar surface area (TPSA) is 70.6 Å². The molecule has 2 amide bonds. The third-order valence-electron chi connectivity index (χ3n) is 2.94. The van der Waals surface area contributed by atoms with Crippen LogP contribution < -0.4 is 10.6 Å². The SMILES string of the molecule is Cc1cc(CNC(=O)NCC(O)COCC(C)C)ccc1F. The Morgan fingerprint density at radius 1 is 1.32 bits per heavy atom. The first kappa shape index (κ1) is 18.4. The second kappa shape index (κ2) is 9.38. The molecule has 0 aliphatic carbocycles. The summed E-state index contributed by atoms with van der Waals surface area (Å²) in [5, 5.41) is 14.9. The molecule has 0 saturated heterocycles. The van der Waals surface area contributed by atoms with Gasteiger partial charge < -0.3 is 20.5 Å². The Morgan fingerprint density at radius 2 is 2.05 bits per heavy atom. The van der Waals surface area contributed by atoms with Gasteiger partial charge in [-0.1, -0.05) is 26.0 Å². The molecule has 0 radical (unpaired) electrons. The molecule has 5 nitrogen and oxygen atoms in total.